The largest absolute Gasteiger partial charge is 0.481 e. The fourth-order valence-electron chi connectivity index (χ4n) is 1.23. The molecule has 4 nitrogen and oxygen atoms in total. The fourth-order valence-corrected chi connectivity index (χ4v) is 1.23. The van der Waals surface area contributed by atoms with Gasteiger partial charge in [0, 0.05) is 0 Å². The van der Waals surface area contributed by atoms with E-state index in [1.165, 1.54) is 0 Å². The first kappa shape index (κ1) is 11.9. The predicted octanol–water partition coefficient (Wildman–Crippen LogP) is 1.60. The van der Waals surface area contributed by atoms with Gasteiger partial charge in [-0.15, -0.1) is 0 Å². The third-order valence-electron chi connectivity index (χ3n) is 2.25. The molecular formula is C9H16O4. The lowest BCUT2D eigenvalue weighted by Gasteiger charge is -2.14. The van der Waals surface area contributed by atoms with Crippen molar-refractivity contribution in [1.82, 2.24) is 0 Å². The summed E-state index contributed by atoms with van der Waals surface area (Å²) in [7, 11) is 0. The van der Waals surface area contributed by atoms with Gasteiger partial charge >= 0.3 is 11.9 Å². The van der Waals surface area contributed by atoms with Gasteiger partial charge in [0.05, 0.1) is 11.8 Å². The highest BCUT2D eigenvalue weighted by molar-refractivity contribution is 5.73. The molecule has 2 N–H and O–H groups in total. The van der Waals surface area contributed by atoms with Gasteiger partial charge < -0.3 is 10.2 Å². The first-order chi connectivity index (χ1) is 6.02. The van der Waals surface area contributed by atoms with Crippen LogP contribution in [0.4, 0.5) is 0 Å². The maximum Gasteiger partial charge on any atom is 0.306 e. The van der Waals surface area contributed by atoms with Gasteiger partial charge in [0.1, 0.15) is 0 Å². The SMILES string of the molecule is CC[C@H](C[C@H](CC)C(=O)O)C(=O)O. The molecule has 0 heterocycles. The number of aliphatic carboxylic acids is 2. The van der Waals surface area contributed by atoms with E-state index in [0.29, 0.717) is 12.8 Å². The zero-order chi connectivity index (χ0) is 10.4. The molecule has 0 saturated carbocycles. The Kier molecular flexibility index (Phi) is 5.11. The van der Waals surface area contributed by atoms with E-state index < -0.39 is 23.8 Å². The van der Waals surface area contributed by atoms with Crippen molar-refractivity contribution in [2.24, 2.45) is 11.8 Å². The Balaban J connectivity index is 4.19. The number of hydrogen-bond donors (Lipinski definition) is 2. The Morgan fingerprint density at radius 3 is 1.46 bits per heavy atom. The molecule has 0 spiro atoms. The van der Waals surface area contributed by atoms with Crippen LogP contribution in [0.3, 0.4) is 0 Å². The first-order valence-corrected chi connectivity index (χ1v) is 4.48. The van der Waals surface area contributed by atoms with E-state index in [4.69, 9.17) is 10.2 Å². The zero-order valence-corrected chi connectivity index (χ0v) is 7.99. The van der Waals surface area contributed by atoms with Crippen LogP contribution in [0.2, 0.25) is 0 Å². The van der Waals surface area contributed by atoms with Gasteiger partial charge in [0.25, 0.3) is 0 Å². The van der Waals surface area contributed by atoms with Gasteiger partial charge in [-0.3, -0.25) is 9.59 Å². The Labute approximate surface area is 77.6 Å². The van der Waals surface area contributed by atoms with Gasteiger partial charge in [0.15, 0.2) is 0 Å². The number of carboxylic acids is 2. The monoisotopic (exact) mass is 188 g/mol. The molecule has 0 aliphatic carbocycles. The molecular weight excluding hydrogens is 172 g/mol. The van der Waals surface area contributed by atoms with Crippen molar-refractivity contribution in [3.63, 3.8) is 0 Å². The van der Waals surface area contributed by atoms with Crippen LogP contribution in [0.25, 0.3) is 0 Å². The standard InChI is InChI=1S/C9H16O4/c1-3-6(8(10)11)5-7(4-2)9(12)13/h6-7H,3-5H2,1-2H3,(H,10,11)(H,12,13)/t6-,7+. The number of carbonyl (C=O) groups is 2. The van der Waals surface area contributed by atoms with Gasteiger partial charge in [-0.25, -0.2) is 0 Å². The van der Waals surface area contributed by atoms with E-state index in [-0.39, 0.29) is 6.42 Å². The molecule has 0 aliphatic rings. The topological polar surface area (TPSA) is 74.6 Å². The molecule has 13 heavy (non-hydrogen) atoms. The maximum absolute atomic E-state index is 10.6. The molecule has 4 heteroatoms. The van der Waals surface area contributed by atoms with Crippen LogP contribution < -0.4 is 0 Å². The van der Waals surface area contributed by atoms with Gasteiger partial charge in [0.2, 0.25) is 0 Å². The minimum Gasteiger partial charge on any atom is -0.481 e. The Hall–Kier alpha value is -1.06. The Bertz CT molecular complexity index is 168. The van der Waals surface area contributed by atoms with Crippen molar-refractivity contribution in [2.75, 3.05) is 0 Å². The number of carboxylic acid groups (broad SMARTS) is 2. The average Bonchev–Trinajstić information content (AvgIpc) is 2.05. The first-order valence-electron chi connectivity index (χ1n) is 4.48. The third-order valence-corrected chi connectivity index (χ3v) is 2.25. The minimum atomic E-state index is -0.901. The summed E-state index contributed by atoms with van der Waals surface area (Å²) in [4.78, 5) is 21.2. The minimum absolute atomic E-state index is 0.234. The summed E-state index contributed by atoms with van der Waals surface area (Å²) in [5.41, 5.74) is 0. The summed E-state index contributed by atoms with van der Waals surface area (Å²) >= 11 is 0. The summed E-state index contributed by atoms with van der Waals surface area (Å²) < 4.78 is 0. The van der Waals surface area contributed by atoms with Crippen molar-refractivity contribution < 1.29 is 19.8 Å². The summed E-state index contributed by atoms with van der Waals surface area (Å²) in [6, 6.07) is 0. The average molecular weight is 188 g/mol. The highest BCUT2D eigenvalue weighted by Crippen LogP contribution is 2.18. The van der Waals surface area contributed by atoms with Crippen molar-refractivity contribution in [3.8, 4) is 0 Å². The second-order valence-corrected chi connectivity index (χ2v) is 3.12. The van der Waals surface area contributed by atoms with E-state index in [1.807, 2.05) is 0 Å². The maximum atomic E-state index is 10.6. The Morgan fingerprint density at radius 2 is 1.31 bits per heavy atom. The smallest absolute Gasteiger partial charge is 0.306 e. The van der Waals surface area contributed by atoms with Crippen molar-refractivity contribution >= 4 is 11.9 Å². The van der Waals surface area contributed by atoms with E-state index in [2.05, 4.69) is 0 Å². The number of rotatable bonds is 6. The van der Waals surface area contributed by atoms with Gasteiger partial charge in [-0.1, -0.05) is 13.8 Å². The molecule has 2 atom stereocenters. The molecule has 0 radical (unpaired) electrons. The molecule has 0 aromatic rings. The Morgan fingerprint density at radius 1 is 1.00 bits per heavy atom. The molecule has 0 saturated heterocycles. The second kappa shape index (κ2) is 5.56. The quantitative estimate of drug-likeness (QED) is 0.663. The normalized spacial score (nSPS) is 14.9. The van der Waals surface area contributed by atoms with Crippen LogP contribution in [0.5, 0.6) is 0 Å². The van der Waals surface area contributed by atoms with Crippen molar-refractivity contribution in [2.45, 2.75) is 33.1 Å². The van der Waals surface area contributed by atoms with E-state index in [1.54, 1.807) is 13.8 Å². The van der Waals surface area contributed by atoms with Gasteiger partial charge in [-0.05, 0) is 19.3 Å². The van der Waals surface area contributed by atoms with Crippen molar-refractivity contribution in [3.05, 3.63) is 0 Å². The number of hydrogen-bond acceptors (Lipinski definition) is 2. The van der Waals surface area contributed by atoms with Crippen LogP contribution in [0.15, 0.2) is 0 Å². The van der Waals surface area contributed by atoms with E-state index in [0.717, 1.165) is 0 Å². The summed E-state index contributed by atoms with van der Waals surface area (Å²) in [6.07, 6.45) is 1.20. The van der Waals surface area contributed by atoms with Crippen LogP contribution in [0, 0.1) is 11.8 Å². The lowest BCUT2D eigenvalue weighted by molar-refractivity contribution is -0.145. The molecule has 0 unspecified atom stereocenters. The zero-order valence-electron chi connectivity index (χ0n) is 7.99. The fraction of sp³-hybridized carbons (Fsp3) is 0.778. The lowest BCUT2D eigenvalue weighted by Crippen LogP contribution is -2.21. The lowest BCUT2D eigenvalue weighted by atomic mass is 9.91. The van der Waals surface area contributed by atoms with Crippen LogP contribution in [-0.4, -0.2) is 22.2 Å². The molecule has 0 rings (SSSR count). The van der Waals surface area contributed by atoms with Crippen LogP contribution in [0.1, 0.15) is 33.1 Å². The predicted molar refractivity (Wildman–Crippen MR) is 47.5 cm³/mol. The summed E-state index contributed by atoms with van der Waals surface area (Å²) in [6.45, 7) is 3.51. The summed E-state index contributed by atoms with van der Waals surface area (Å²) in [5, 5.41) is 17.4. The summed E-state index contributed by atoms with van der Waals surface area (Å²) in [5.74, 6) is -2.86. The highest BCUT2D eigenvalue weighted by Gasteiger charge is 2.24. The second-order valence-electron chi connectivity index (χ2n) is 3.12. The highest BCUT2D eigenvalue weighted by atomic mass is 16.4. The van der Waals surface area contributed by atoms with Crippen LogP contribution in [-0.2, 0) is 9.59 Å². The molecule has 76 valence electrons. The third kappa shape index (κ3) is 3.92. The molecule has 0 fully saturated rings. The van der Waals surface area contributed by atoms with Crippen molar-refractivity contribution in [1.29, 1.82) is 0 Å². The molecule has 0 bridgehead atoms. The molecule has 0 aromatic heterocycles. The van der Waals surface area contributed by atoms with Gasteiger partial charge in [-0.2, -0.15) is 0 Å². The molecule has 0 aliphatic heterocycles. The molecule has 0 amide bonds. The molecule has 0 aromatic carbocycles. The van der Waals surface area contributed by atoms with E-state index >= 15 is 0 Å². The van der Waals surface area contributed by atoms with Crippen LogP contribution >= 0.6 is 0 Å². The van der Waals surface area contributed by atoms with E-state index in [9.17, 15) is 9.59 Å².